The monoisotopic (exact) mass is 279 g/mol. The maximum absolute atomic E-state index is 10.4. The first-order chi connectivity index (χ1) is 6.74. The van der Waals surface area contributed by atoms with Gasteiger partial charge in [0.1, 0.15) is 0 Å². The van der Waals surface area contributed by atoms with Crippen molar-refractivity contribution in [2.45, 2.75) is 19.3 Å². The number of aliphatic carboxylic acids is 2. The second-order valence-electron chi connectivity index (χ2n) is 4.70. The molecule has 18 heavy (non-hydrogen) atoms. The number of hydrogen-bond donors (Lipinski definition) is 0. The predicted molar refractivity (Wildman–Crippen MR) is 52.2 cm³/mol. The Balaban J connectivity index is -0.000000327. The summed E-state index contributed by atoms with van der Waals surface area (Å²) in [5, 5.41) is 20.8. The molecule has 0 aromatic rings. The van der Waals surface area contributed by atoms with Crippen molar-refractivity contribution in [3.8, 4) is 0 Å². The number of nitrogens with zero attached hydrogens (tertiary/aromatic N) is 1. The van der Waals surface area contributed by atoms with Crippen molar-refractivity contribution < 1.29 is 88.9 Å². The number of rotatable bonds is 7. The Hall–Kier alpha value is 0.860. The van der Waals surface area contributed by atoms with Gasteiger partial charge in [-0.25, -0.2) is 0 Å². The molecule has 0 aromatic heterocycles. The minimum absolute atomic E-state index is 0. The van der Waals surface area contributed by atoms with Crippen LogP contribution >= 0.6 is 0 Å². The molecule has 0 rings (SSSR count). The second kappa shape index (κ2) is 12.9. The molecular formula is C10H19NNa2O5. The van der Waals surface area contributed by atoms with Crippen LogP contribution in [0.15, 0.2) is 0 Å². The zero-order valence-electron chi connectivity index (χ0n) is 11.9. The van der Waals surface area contributed by atoms with E-state index in [9.17, 15) is 19.8 Å². The Bertz CT molecular complexity index is 229. The summed E-state index contributed by atoms with van der Waals surface area (Å²) >= 11 is 0. The van der Waals surface area contributed by atoms with Gasteiger partial charge in [-0.05, 0) is 19.3 Å². The molecule has 0 spiro atoms. The quantitative estimate of drug-likeness (QED) is 0.199. The summed E-state index contributed by atoms with van der Waals surface area (Å²) in [5.41, 5.74) is 0. The molecule has 0 aromatic carbocycles. The Labute approximate surface area is 152 Å². The number of carboxylic acids is 2. The number of quaternary nitrogens is 1. The maximum Gasteiger partial charge on any atom is 1.00 e. The molecule has 0 radical (unpaired) electrons. The van der Waals surface area contributed by atoms with E-state index in [1.54, 1.807) is 0 Å². The Morgan fingerprint density at radius 1 is 1.00 bits per heavy atom. The number of carbonyl (C=O) groups excluding carboxylic acids is 2. The van der Waals surface area contributed by atoms with Crippen LogP contribution in [0.1, 0.15) is 19.3 Å². The molecule has 0 unspecified atom stereocenters. The van der Waals surface area contributed by atoms with Gasteiger partial charge >= 0.3 is 59.1 Å². The van der Waals surface area contributed by atoms with Crippen molar-refractivity contribution in [2.24, 2.45) is 5.92 Å². The fourth-order valence-corrected chi connectivity index (χ4v) is 1.27. The molecule has 8 heteroatoms. The summed E-state index contributed by atoms with van der Waals surface area (Å²) < 4.78 is 0.779. The fourth-order valence-electron chi connectivity index (χ4n) is 1.27. The first-order valence-corrected chi connectivity index (χ1v) is 4.96. The molecule has 0 aliphatic heterocycles. The van der Waals surface area contributed by atoms with Crippen molar-refractivity contribution in [1.29, 1.82) is 0 Å². The average molecular weight is 279 g/mol. The zero-order valence-corrected chi connectivity index (χ0v) is 15.9. The zero-order chi connectivity index (χ0) is 12.1. The molecule has 0 amide bonds. The molecule has 0 heterocycles. The number of unbranched alkanes of at least 4 members (excludes halogenated alkanes) is 1. The number of hydrogen-bond acceptors (Lipinski definition) is 5. The van der Waals surface area contributed by atoms with Crippen molar-refractivity contribution in [3.63, 3.8) is 0 Å². The Morgan fingerprint density at radius 3 is 1.67 bits per heavy atom. The predicted octanol–water partition coefficient (Wildman–Crippen LogP) is -8.19. The van der Waals surface area contributed by atoms with Gasteiger partial charge in [0.15, 0.2) is 0 Å². The molecule has 0 aliphatic rings. The maximum atomic E-state index is 10.4. The van der Waals surface area contributed by atoms with Crippen molar-refractivity contribution in [1.82, 2.24) is 0 Å². The van der Waals surface area contributed by atoms with Crippen LogP contribution < -0.4 is 69.3 Å². The molecule has 0 saturated carbocycles. The Kier molecular flexibility index (Phi) is 19.5. The van der Waals surface area contributed by atoms with E-state index in [1.807, 2.05) is 21.1 Å². The standard InChI is InChI=1S/C10H19NO4.2Na.H2O/c1-11(2,3)7-5-4-6-8(9(12)13)10(14)15;;;/h8H,4-7H2,1-3H3,(H-,12,13,14,15);;;1H2/q;2*+1;/p-2. The molecule has 0 bridgehead atoms. The minimum Gasteiger partial charge on any atom is -0.870 e. The smallest absolute Gasteiger partial charge is 0.870 e. The van der Waals surface area contributed by atoms with Crippen LogP contribution in [0.4, 0.5) is 0 Å². The topological polar surface area (TPSA) is 110 Å². The summed E-state index contributed by atoms with van der Waals surface area (Å²) in [4.78, 5) is 20.8. The first-order valence-electron chi connectivity index (χ1n) is 4.96. The van der Waals surface area contributed by atoms with E-state index >= 15 is 0 Å². The van der Waals surface area contributed by atoms with Gasteiger partial charge < -0.3 is 29.8 Å². The van der Waals surface area contributed by atoms with Crippen LogP contribution in [0.3, 0.4) is 0 Å². The van der Waals surface area contributed by atoms with Crippen LogP contribution in [-0.2, 0) is 9.59 Å². The van der Waals surface area contributed by atoms with E-state index in [0.29, 0.717) is 6.42 Å². The van der Waals surface area contributed by atoms with E-state index in [1.165, 1.54) is 0 Å². The second-order valence-corrected chi connectivity index (χ2v) is 4.70. The number of carbonyl (C=O) groups is 2. The molecule has 6 nitrogen and oxygen atoms in total. The first kappa shape index (κ1) is 27.2. The molecule has 1 N–H and O–H groups in total. The summed E-state index contributed by atoms with van der Waals surface area (Å²) in [6, 6.07) is 0. The van der Waals surface area contributed by atoms with E-state index in [-0.39, 0.29) is 71.0 Å². The third-order valence-electron chi connectivity index (χ3n) is 2.14. The molecule has 0 atom stereocenters. The van der Waals surface area contributed by atoms with Gasteiger partial charge in [-0.15, -0.1) is 0 Å². The molecule has 0 fully saturated rings. The molecule has 0 aliphatic carbocycles. The van der Waals surface area contributed by atoms with E-state index in [0.717, 1.165) is 17.4 Å². The third-order valence-corrected chi connectivity index (χ3v) is 2.14. The molecular weight excluding hydrogens is 260 g/mol. The van der Waals surface area contributed by atoms with E-state index < -0.39 is 17.9 Å². The van der Waals surface area contributed by atoms with Gasteiger partial charge in [-0.2, -0.15) is 0 Å². The van der Waals surface area contributed by atoms with Crippen molar-refractivity contribution in [2.75, 3.05) is 27.7 Å². The van der Waals surface area contributed by atoms with E-state index in [4.69, 9.17) is 0 Å². The van der Waals surface area contributed by atoms with Crippen molar-refractivity contribution >= 4 is 11.9 Å². The van der Waals surface area contributed by atoms with Crippen LogP contribution in [0.2, 0.25) is 0 Å². The van der Waals surface area contributed by atoms with Crippen molar-refractivity contribution in [3.05, 3.63) is 0 Å². The summed E-state index contributed by atoms with van der Waals surface area (Å²) in [6.45, 7) is 0.882. The van der Waals surface area contributed by atoms with Gasteiger partial charge in [0.2, 0.25) is 0 Å². The summed E-state index contributed by atoms with van der Waals surface area (Å²) in [5.74, 6) is -4.59. The largest absolute Gasteiger partial charge is 1.00 e. The summed E-state index contributed by atoms with van der Waals surface area (Å²) in [6.07, 6.45) is 1.44. The van der Waals surface area contributed by atoms with Gasteiger partial charge in [0.25, 0.3) is 0 Å². The van der Waals surface area contributed by atoms with Gasteiger partial charge in [0, 0.05) is 5.92 Å². The SMILES string of the molecule is C[N+](C)(C)CCCCC(C(=O)[O-])C(=O)[O-].[Na+].[Na+].[OH-]. The van der Waals surface area contributed by atoms with Crippen LogP contribution in [0, 0.1) is 5.92 Å². The van der Waals surface area contributed by atoms with Gasteiger partial charge in [-0.3, -0.25) is 0 Å². The van der Waals surface area contributed by atoms with Gasteiger partial charge in [0.05, 0.1) is 39.6 Å². The van der Waals surface area contributed by atoms with E-state index in [2.05, 4.69) is 0 Å². The minimum atomic E-state index is -1.56. The van der Waals surface area contributed by atoms with Crippen LogP contribution in [0.25, 0.3) is 0 Å². The van der Waals surface area contributed by atoms with Crippen LogP contribution in [0.5, 0.6) is 0 Å². The fraction of sp³-hybridized carbons (Fsp3) is 0.800. The average Bonchev–Trinajstić information content (AvgIpc) is 2.00. The Morgan fingerprint density at radius 2 is 1.39 bits per heavy atom. The third kappa shape index (κ3) is 14.9. The van der Waals surface area contributed by atoms with Gasteiger partial charge in [-0.1, -0.05) is 0 Å². The normalized spacial score (nSPS) is 9.78. The summed E-state index contributed by atoms with van der Waals surface area (Å²) in [7, 11) is 6.07. The molecule has 0 saturated heterocycles. The molecule has 96 valence electrons. The van der Waals surface area contributed by atoms with Crippen LogP contribution in [-0.4, -0.2) is 49.6 Å². The number of carboxylic acid groups (broad SMARTS) is 2.